The predicted octanol–water partition coefficient (Wildman–Crippen LogP) is 21.7. The molecule has 7 atom stereocenters. The summed E-state index contributed by atoms with van der Waals surface area (Å²) in [4.78, 5) is 72.7. The first-order chi connectivity index (χ1) is 45.2. The highest BCUT2D eigenvalue weighted by Gasteiger charge is 2.30. The topological polar surface area (TPSA) is 237 Å². The molecule has 0 amide bonds. The lowest BCUT2D eigenvalue weighted by molar-refractivity contribution is -0.161. The number of phosphoric acid groups is 2. The van der Waals surface area contributed by atoms with E-state index in [1.54, 1.807) is 0 Å². The Bertz CT molecular complexity index is 1850. The molecule has 0 aromatic carbocycles. The molecule has 3 N–H and O–H groups in total. The quantitative estimate of drug-likeness (QED) is 0.0222. The van der Waals surface area contributed by atoms with E-state index in [1.807, 2.05) is 0 Å². The standard InChI is InChI=1S/C75H146O17P2/c1-9-67(7)53-45-37-28-24-20-16-12-14-18-22-26-30-42-50-58-75(80)92-71(62-86-73(78)56-48-40-34-32-38-46-54-68(8)10-2)64-90-94(83,84)88-60-69(76)59-87-93(81,82)89-63-70(61-85-72(77)55-47-39-33-31-36-44-52-66(5)6)91-74(79)57-49-41-29-25-21-17-13-11-15-19-23-27-35-43-51-65(3)4/h65-71,76H,9-64H2,1-8H3,(H,81,82)(H,83,84)/t67?,68?,69-,70+,71+/m0/s1. The third-order valence-electron chi connectivity index (χ3n) is 18.0. The summed E-state index contributed by atoms with van der Waals surface area (Å²) in [6.07, 6.45) is 48.7. The molecule has 0 radical (unpaired) electrons. The van der Waals surface area contributed by atoms with E-state index in [0.717, 1.165) is 120 Å². The third kappa shape index (κ3) is 66.0. The monoisotopic (exact) mass is 1380 g/mol. The highest BCUT2D eigenvalue weighted by atomic mass is 31.2. The van der Waals surface area contributed by atoms with E-state index in [0.29, 0.717) is 31.6 Å². The molecule has 19 heteroatoms. The summed E-state index contributed by atoms with van der Waals surface area (Å²) in [5.74, 6) is 0.926. The Hall–Kier alpha value is -1.94. The van der Waals surface area contributed by atoms with Crippen molar-refractivity contribution in [3.63, 3.8) is 0 Å². The second kappa shape index (κ2) is 64.4. The van der Waals surface area contributed by atoms with E-state index in [-0.39, 0.29) is 25.7 Å². The lowest BCUT2D eigenvalue weighted by Crippen LogP contribution is -2.30. The van der Waals surface area contributed by atoms with Crippen LogP contribution in [0.2, 0.25) is 0 Å². The first-order valence-electron chi connectivity index (χ1n) is 38.8. The van der Waals surface area contributed by atoms with Crippen LogP contribution >= 0.6 is 15.6 Å². The summed E-state index contributed by atoms with van der Waals surface area (Å²) in [7, 11) is -9.91. The summed E-state index contributed by atoms with van der Waals surface area (Å²) < 4.78 is 68.4. The predicted molar refractivity (Wildman–Crippen MR) is 381 cm³/mol. The highest BCUT2D eigenvalue weighted by molar-refractivity contribution is 7.47. The van der Waals surface area contributed by atoms with Crippen LogP contribution < -0.4 is 0 Å². The van der Waals surface area contributed by atoms with Crippen LogP contribution in [-0.2, 0) is 65.4 Å². The fourth-order valence-corrected chi connectivity index (χ4v) is 12.9. The summed E-state index contributed by atoms with van der Waals surface area (Å²) in [6.45, 7) is 14.1. The Labute approximate surface area is 575 Å². The lowest BCUT2D eigenvalue weighted by atomic mass is 9.99. The largest absolute Gasteiger partial charge is 0.472 e. The SMILES string of the molecule is CCC(C)CCCCCCCCCCCCCCCCC(=O)O[C@H](COC(=O)CCCCCCCCC(C)CC)COP(=O)(O)OC[C@@H](O)COP(=O)(O)OC[C@@H](COC(=O)CCCCCCCCC(C)C)OC(=O)CCCCCCCCCCCCCCCCC(C)C. The van der Waals surface area contributed by atoms with Crippen molar-refractivity contribution in [2.24, 2.45) is 23.7 Å². The number of hydrogen-bond donors (Lipinski definition) is 3. The molecule has 0 bridgehead atoms. The first kappa shape index (κ1) is 92.1. The van der Waals surface area contributed by atoms with E-state index >= 15 is 0 Å². The smallest absolute Gasteiger partial charge is 0.462 e. The van der Waals surface area contributed by atoms with Gasteiger partial charge in [0, 0.05) is 25.7 Å². The lowest BCUT2D eigenvalue weighted by Gasteiger charge is -2.21. The molecule has 0 fully saturated rings. The molecule has 0 spiro atoms. The first-order valence-corrected chi connectivity index (χ1v) is 41.8. The molecule has 0 heterocycles. The zero-order valence-electron chi connectivity index (χ0n) is 61.6. The molecule has 17 nitrogen and oxygen atoms in total. The molecular formula is C75H146O17P2. The summed E-state index contributed by atoms with van der Waals surface area (Å²) in [6, 6.07) is 0. The van der Waals surface area contributed by atoms with Crippen LogP contribution in [0.15, 0.2) is 0 Å². The summed E-state index contributed by atoms with van der Waals surface area (Å²) in [5, 5.41) is 10.6. The van der Waals surface area contributed by atoms with Gasteiger partial charge in [0.2, 0.25) is 0 Å². The number of esters is 4. The molecule has 0 aliphatic heterocycles. The third-order valence-corrected chi connectivity index (χ3v) is 19.9. The maximum Gasteiger partial charge on any atom is 0.472 e. The van der Waals surface area contributed by atoms with Crippen molar-refractivity contribution in [1.82, 2.24) is 0 Å². The molecule has 0 aromatic rings. The maximum absolute atomic E-state index is 13.1. The average Bonchev–Trinajstić information content (AvgIpc) is 2.04. The van der Waals surface area contributed by atoms with Crippen molar-refractivity contribution in [3.8, 4) is 0 Å². The average molecular weight is 1380 g/mol. The van der Waals surface area contributed by atoms with Gasteiger partial charge in [-0.05, 0) is 49.4 Å². The van der Waals surface area contributed by atoms with Gasteiger partial charge in [0.25, 0.3) is 0 Å². The van der Waals surface area contributed by atoms with E-state index in [4.69, 9.17) is 37.0 Å². The van der Waals surface area contributed by atoms with Gasteiger partial charge in [0.15, 0.2) is 12.2 Å². The normalized spacial score (nSPS) is 14.7. The number of aliphatic hydroxyl groups is 1. The molecule has 0 aromatic heterocycles. The minimum atomic E-state index is -4.96. The van der Waals surface area contributed by atoms with Crippen molar-refractivity contribution in [3.05, 3.63) is 0 Å². The Balaban J connectivity index is 5.20. The zero-order chi connectivity index (χ0) is 69.6. The van der Waals surface area contributed by atoms with Crippen LogP contribution in [-0.4, -0.2) is 96.7 Å². The van der Waals surface area contributed by atoms with E-state index in [2.05, 4.69) is 55.4 Å². The molecule has 0 rings (SSSR count). The van der Waals surface area contributed by atoms with Gasteiger partial charge in [-0.25, -0.2) is 9.13 Å². The van der Waals surface area contributed by atoms with Gasteiger partial charge in [0.1, 0.15) is 19.3 Å². The molecule has 558 valence electrons. The van der Waals surface area contributed by atoms with E-state index in [9.17, 15) is 43.2 Å². The van der Waals surface area contributed by atoms with Crippen LogP contribution in [0, 0.1) is 23.7 Å². The summed E-state index contributed by atoms with van der Waals surface area (Å²) >= 11 is 0. The van der Waals surface area contributed by atoms with E-state index < -0.39 is 97.5 Å². The number of unbranched alkanes of at least 4 members (excludes halogenated alkanes) is 36. The molecular weight excluding hydrogens is 1230 g/mol. The number of hydrogen-bond acceptors (Lipinski definition) is 15. The van der Waals surface area contributed by atoms with Crippen LogP contribution in [0.1, 0.15) is 376 Å². The number of carbonyl (C=O) groups is 4. The van der Waals surface area contributed by atoms with Crippen molar-refractivity contribution < 1.29 is 80.2 Å². The maximum atomic E-state index is 13.1. The van der Waals surface area contributed by atoms with Gasteiger partial charge in [-0.1, -0.05) is 325 Å². The number of rotatable bonds is 72. The molecule has 4 unspecified atom stereocenters. The number of aliphatic hydroxyl groups excluding tert-OH is 1. The fourth-order valence-electron chi connectivity index (χ4n) is 11.3. The number of carbonyl (C=O) groups excluding carboxylic acids is 4. The molecule has 0 saturated heterocycles. The Morgan fingerprint density at radius 2 is 0.511 bits per heavy atom. The molecule has 0 aliphatic rings. The van der Waals surface area contributed by atoms with E-state index in [1.165, 1.54) is 167 Å². The second-order valence-electron chi connectivity index (χ2n) is 28.5. The van der Waals surface area contributed by atoms with Crippen LogP contribution in [0.3, 0.4) is 0 Å². The van der Waals surface area contributed by atoms with Gasteiger partial charge < -0.3 is 33.8 Å². The van der Waals surface area contributed by atoms with Crippen molar-refractivity contribution in [1.29, 1.82) is 0 Å². The van der Waals surface area contributed by atoms with Crippen molar-refractivity contribution >= 4 is 39.5 Å². The zero-order valence-corrected chi connectivity index (χ0v) is 63.4. The molecule has 0 aliphatic carbocycles. The van der Waals surface area contributed by atoms with Crippen LogP contribution in [0.5, 0.6) is 0 Å². The van der Waals surface area contributed by atoms with Crippen molar-refractivity contribution in [2.45, 2.75) is 395 Å². The minimum Gasteiger partial charge on any atom is -0.462 e. The molecule has 0 saturated carbocycles. The fraction of sp³-hybridized carbons (Fsp3) is 0.947. The number of phosphoric ester groups is 2. The summed E-state index contributed by atoms with van der Waals surface area (Å²) in [5.41, 5.74) is 0. The van der Waals surface area contributed by atoms with Crippen molar-refractivity contribution in [2.75, 3.05) is 39.6 Å². The Morgan fingerprint density at radius 1 is 0.298 bits per heavy atom. The van der Waals surface area contributed by atoms with Crippen LogP contribution in [0.4, 0.5) is 0 Å². The second-order valence-corrected chi connectivity index (χ2v) is 31.4. The van der Waals surface area contributed by atoms with Gasteiger partial charge in [0.05, 0.1) is 26.4 Å². The minimum absolute atomic E-state index is 0.106. The molecule has 94 heavy (non-hydrogen) atoms. The van der Waals surface area contributed by atoms with Gasteiger partial charge in [-0.3, -0.25) is 37.3 Å². The van der Waals surface area contributed by atoms with Gasteiger partial charge >= 0.3 is 39.5 Å². The Morgan fingerprint density at radius 3 is 0.755 bits per heavy atom. The highest BCUT2D eigenvalue weighted by Crippen LogP contribution is 2.45. The van der Waals surface area contributed by atoms with Crippen LogP contribution in [0.25, 0.3) is 0 Å². The Kier molecular flexibility index (Phi) is 63.1. The van der Waals surface area contributed by atoms with Gasteiger partial charge in [-0.15, -0.1) is 0 Å². The number of ether oxygens (including phenoxy) is 4. The van der Waals surface area contributed by atoms with Gasteiger partial charge in [-0.2, -0.15) is 0 Å².